The van der Waals surface area contributed by atoms with Gasteiger partial charge in [0.15, 0.2) is 5.82 Å². The van der Waals surface area contributed by atoms with E-state index in [0.717, 1.165) is 70.4 Å². The number of anilines is 4. The fourth-order valence-corrected chi connectivity index (χ4v) is 5.80. The van der Waals surface area contributed by atoms with E-state index in [9.17, 15) is 4.79 Å². The van der Waals surface area contributed by atoms with Gasteiger partial charge in [-0.3, -0.25) is 9.89 Å². The molecular weight excluding hydrogens is 438 g/mol. The number of hydrogen-bond donors (Lipinski definition) is 3. The third kappa shape index (κ3) is 3.05. The molecule has 1 saturated carbocycles. The molecule has 7 rings (SSSR count). The summed E-state index contributed by atoms with van der Waals surface area (Å²) in [5.41, 5.74) is 5.89. The summed E-state index contributed by atoms with van der Waals surface area (Å²) < 4.78 is 0. The number of rotatable bonds is 4. The average molecular weight is 466 g/mol. The first-order chi connectivity index (χ1) is 17.0. The largest absolute Gasteiger partial charge is 0.341 e. The van der Waals surface area contributed by atoms with Crippen LogP contribution in [0.5, 0.6) is 0 Å². The Kier molecular flexibility index (Phi) is 4.25. The normalized spacial score (nSPS) is 22.6. The van der Waals surface area contributed by atoms with E-state index in [4.69, 9.17) is 4.98 Å². The second kappa shape index (κ2) is 7.28. The van der Waals surface area contributed by atoms with Gasteiger partial charge in [0.1, 0.15) is 5.82 Å². The molecule has 4 heterocycles. The molecule has 0 bridgehead atoms. The third-order valence-corrected chi connectivity index (χ3v) is 7.84. The number of aryl methyl sites for hydroxylation is 2. The Hall–Kier alpha value is -3.94. The van der Waals surface area contributed by atoms with Gasteiger partial charge in [-0.2, -0.15) is 10.1 Å². The van der Waals surface area contributed by atoms with Crippen LogP contribution in [0.25, 0.3) is 10.9 Å². The van der Waals surface area contributed by atoms with Gasteiger partial charge in [-0.1, -0.05) is 23.8 Å². The van der Waals surface area contributed by atoms with Gasteiger partial charge in [0.2, 0.25) is 11.9 Å². The molecule has 2 fully saturated rings. The highest BCUT2D eigenvalue weighted by Crippen LogP contribution is 2.65. The summed E-state index contributed by atoms with van der Waals surface area (Å²) in [5, 5.41) is 15.2. The lowest BCUT2D eigenvalue weighted by molar-refractivity contribution is -0.118. The number of amides is 1. The van der Waals surface area contributed by atoms with E-state index in [-0.39, 0.29) is 11.8 Å². The minimum Gasteiger partial charge on any atom is -0.341 e. The Bertz CT molecular complexity index is 1500. The van der Waals surface area contributed by atoms with Crippen molar-refractivity contribution in [3.05, 3.63) is 64.8 Å². The Morgan fingerprint density at radius 1 is 1.09 bits per heavy atom. The van der Waals surface area contributed by atoms with Gasteiger partial charge < -0.3 is 15.5 Å². The number of fused-ring (bicyclic) bond motifs is 3. The van der Waals surface area contributed by atoms with Crippen molar-refractivity contribution in [3.8, 4) is 0 Å². The minimum atomic E-state index is -0.444. The lowest BCUT2D eigenvalue weighted by Gasteiger charge is -2.16. The lowest BCUT2D eigenvalue weighted by atomic mass is 9.91. The molecule has 2 aromatic carbocycles. The molecule has 35 heavy (non-hydrogen) atoms. The highest BCUT2D eigenvalue weighted by Gasteiger charge is 2.65. The van der Waals surface area contributed by atoms with Crippen LogP contribution in [-0.2, 0) is 10.2 Å². The molecular formula is C27H27N7O. The van der Waals surface area contributed by atoms with E-state index in [2.05, 4.69) is 61.9 Å². The number of carbonyl (C=O) groups excluding carboxylic acids is 1. The molecule has 2 atom stereocenters. The van der Waals surface area contributed by atoms with E-state index in [1.54, 1.807) is 0 Å². The summed E-state index contributed by atoms with van der Waals surface area (Å²) in [7, 11) is 0. The molecule has 1 amide bonds. The summed E-state index contributed by atoms with van der Waals surface area (Å²) in [6, 6.07) is 12.6. The SMILES string of the molecule is Cc1ccc2c(c1)[C@]1(C[C@H]1c1ccc3c(Nc4nc(N5CCCC5)ncc4C)n[nH]c3c1)C(=O)N2. The number of benzene rings is 2. The molecule has 2 aliphatic heterocycles. The molecule has 8 nitrogen and oxygen atoms in total. The molecule has 1 saturated heterocycles. The van der Waals surface area contributed by atoms with Crippen molar-refractivity contribution in [2.24, 2.45) is 0 Å². The molecule has 176 valence electrons. The van der Waals surface area contributed by atoms with Crippen LogP contribution in [-0.4, -0.2) is 39.2 Å². The number of nitrogens with zero attached hydrogens (tertiary/aromatic N) is 4. The van der Waals surface area contributed by atoms with E-state index in [0.29, 0.717) is 0 Å². The number of aromatic nitrogens is 4. The van der Waals surface area contributed by atoms with Crippen LogP contribution in [0, 0.1) is 13.8 Å². The zero-order valence-corrected chi connectivity index (χ0v) is 19.9. The van der Waals surface area contributed by atoms with Crippen LogP contribution >= 0.6 is 0 Å². The first kappa shape index (κ1) is 20.4. The first-order valence-electron chi connectivity index (χ1n) is 12.3. The molecule has 3 N–H and O–H groups in total. The van der Waals surface area contributed by atoms with Gasteiger partial charge in [0.05, 0.1) is 10.9 Å². The summed E-state index contributed by atoms with van der Waals surface area (Å²) >= 11 is 0. The quantitative estimate of drug-likeness (QED) is 0.404. The van der Waals surface area contributed by atoms with E-state index >= 15 is 0 Å². The van der Waals surface area contributed by atoms with Crippen LogP contribution in [0.4, 0.5) is 23.3 Å². The van der Waals surface area contributed by atoms with Crippen molar-refractivity contribution >= 4 is 40.1 Å². The monoisotopic (exact) mass is 465 g/mol. The number of H-pyrrole nitrogens is 1. The van der Waals surface area contributed by atoms with E-state index < -0.39 is 5.41 Å². The number of aromatic amines is 1. The molecule has 1 aliphatic carbocycles. The summed E-state index contributed by atoms with van der Waals surface area (Å²) in [6.45, 7) is 6.08. The molecule has 0 radical (unpaired) electrons. The molecule has 4 aromatic rings. The molecule has 2 aromatic heterocycles. The van der Waals surface area contributed by atoms with Crippen LogP contribution in [0.3, 0.4) is 0 Å². The second-order valence-corrected chi connectivity index (χ2v) is 10.1. The van der Waals surface area contributed by atoms with Crippen LogP contribution in [0.15, 0.2) is 42.6 Å². The first-order valence-corrected chi connectivity index (χ1v) is 12.3. The smallest absolute Gasteiger partial charge is 0.235 e. The predicted molar refractivity (Wildman–Crippen MR) is 136 cm³/mol. The van der Waals surface area contributed by atoms with Gasteiger partial charge >= 0.3 is 0 Å². The second-order valence-electron chi connectivity index (χ2n) is 10.1. The van der Waals surface area contributed by atoms with E-state index in [1.165, 1.54) is 18.4 Å². The van der Waals surface area contributed by atoms with Crippen LogP contribution in [0.1, 0.15) is 47.4 Å². The fourth-order valence-electron chi connectivity index (χ4n) is 5.80. The maximum absolute atomic E-state index is 13.0. The fraction of sp³-hybridized carbons (Fsp3) is 0.333. The summed E-state index contributed by atoms with van der Waals surface area (Å²) in [4.78, 5) is 24.5. The number of hydrogen-bond acceptors (Lipinski definition) is 6. The standard InChI is InChI=1S/C27H27N7O/c1-15-5-8-21-19(11-15)27(25(35)29-21)13-20(27)17-6-7-18-22(12-17)32-33-24(18)30-23-16(2)14-28-26(31-23)34-9-3-4-10-34/h5-8,11-12,14,20H,3-4,9-10,13H2,1-2H3,(H,29,35)(H2,28,30,31,32,33)/t20-,27-/m0/s1. The molecule has 8 heteroatoms. The highest BCUT2D eigenvalue weighted by molar-refractivity contribution is 6.10. The summed E-state index contributed by atoms with van der Waals surface area (Å²) in [6.07, 6.45) is 5.07. The number of carbonyl (C=O) groups is 1. The zero-order chi connectivity index (χ0) is 23.7. The molecule has 1 spiro atoms. The zero-order valence-electron chi connectivity index (χ0n) is 19.9. The van der Waals surface area contributed by atoms with Gasteiger partial charge in [0, 0.05) is 41.8 Å². The molecule has 0 unspecified atom stereocenters. The Balaban J connectivity index is 1.18. The number of nitrogens with one attached hydrogen (secondary N) is 3. The van der Waals surface area contributed by atoms with Gasteiger partial charge in [-0.15, -0.1) is 0 Å². The van der Waals surface area contributed by atoms with Crippen molar-refractivity contribution in [2.75, 3.05) is 28.6 Å². The van der Waals surface area contributed by atoms with Crippen LogP contribution < -0.4 is 15.5 Å². The maximum Gasteiger partial charge on any atom is 0.235 e. The van der Waals surface area contributed by atoms with Crippen molar-refractivity contribution < 1.29 is 4.79 Å². The predicted octanol–water partition coefficient (Wildman–Crippen LogP) is 4.69. The van der Waals surface area contributed by atoms with Gasteiger partial charge in [-0.05, 0) is 62.4 Å². The topological polar surface area (TPSA) is 98.8 Å². The highest BCUT2D eigenvalue weighted by atomic mass is 16.2. The Morgan fingerprint density at radius 3 is 2.80 bits per heavy atom. The van der Waals surface area contributed by atoms with Crippen molar-refractivity contribution in [2.45, 2.75) is 44.4 Å². The van der Waals surface area contributed by atoms with Crippen molar-refractivity contribution in [3.63, 3.8) is 0 Å². The maximum atomic E-state index is 13.0. The molecule has 3 aliphatic rings. The van der Waals surface area contributed by atoms with Gasteiger partial charge in [-0.25, -0.2) is 4.98 Å². The van der Waals surface area contributed by atoms with Crippen molar-refractivity contribution in [1.82, 2.24) is 20.2 Å². The lowest BCUT2D eigenvalue weighted by Crippen LogP contribution is -2.21. The third-order valence-electron chi connectivity index (χ3n) is 7.84. The van der Waals surface area contributed by atoms with Crippen LogP contribution in [0.2, 0.25) is 0 Å². The summed E-state index contributed by atoms with van der Waals surface area (Å²) in [5.74, 6) is 2.56. The Morgan fingerprint density at radius 2 is 1.94 bits per heavy atom. The van der Waals surface area contributed by atoms with E-state index in [1.807, 2.05) is 25.3 Å². The minimum absolute atomic E-state index is 0.114. The van der Waals surface area contributed by atoms with Crippen molar-refractivity contribution in [1.29, 1.82) is 0 Å². The Labute approximate surface area is 203 Å². The van der Waals surface area contributed by atoms with Gasteiger partial charge in [0.25, 0.3) is 0 Å². The average Bonchev–Trinajstić information content (AvgIpc) is 3.13.